The van der Waals surface area contributed by atoms with Crippen LogP contribution in [0.5, 0.6) is 0 Å². The second-order valence-corrected chi connectivity index (χ2v) is 5.09. The van der Waals surface area contributed by atoms with Gasteiger partial charge in [0, 0.05) is 17.1 Å². The predicted octanol–water partition coefficient (Wildman–Crippen LogP) is 1.88. The van der Waals surface area contributed by atoms with Crippen LogP contribution in [0.4, 0.5) is 4.39 Å². The van der Waals surface area contributed by atoms with Crippen LogP contribution in [0.25, 0.3) is 0 Å². The van der Waals surface area contributed by atoms with Gasteiger partial charge in [0.2, 0.25) is 5.91 Å². The van der Waals surface area contributed by atoms with E-state index in [1.807, 2.05) is 13.8 Å². The molecule has 17 heavy (non-hydrogen) atoms. The highest BCUT2D eigenvalue weighted by molar-refractivity contribution is 6.31. The van der Waals surface area contributed by atoms with Crippen LogP contribution in [0, 0.1) is 5.82 Å². The van der Waals surface area contributed by atoms with E-state index in [2.05, 4.69) is 5.32 Å². The van der Waals surface area contributed by atoms with Gasteiger partial charge in [-0.3, -0.25) is 4.79 Å². The summed E-state index contributed by atoms with van der Waals surface area (Å²) in [5.41, 5.74) is 5.73. The van der Waals surface area contributed by atoms with Crippen molar-refractivity contribution >= 4 is 17.5 Å². The summed E-state index contributed by atoms with van der Waals surface area (Å²) < 4.78 is 13.0. The van der Waals surface area contributed by atoms with Gasteiger partial charge in [-0.1, -0.05) is 11.6 Å². The van der Waals surface area contributed by atoms with Crippen molar-refractivity contribution in [3.8, 4) is 0 Å². The lowest BCUT2D eigenvalue weighted by Crippen LogP contribution is -2.45. The molecule has 0 aliphatic carbocycles. The number of hydrogen-bond donors (Lipinski definition) is 2. The Morgan fingerprint density at radius 2 is 2.18 bits per heavy atom. The quantitative estimate of drug-likeness (QED) is 0.866. The molecule has 0 aliphatic heterocycles. The molecule has 0 radical (unpaired) electrons. The Morgan fingerprint density at radius 1 is 1.53 bits per heavy atom. The topological polar surface area (TPSA) is 55.1 Å². The van der Waals surface area contributed by atoms with Gasteiger partial charge in [0.25, 0.3) is 0 Å². The van der Waals surface area contributed by atoms with Gasteiger partial charge >= 0.3 is 0 Å². The first-order valence-electron chi connectivity index (χ1n) is 5.27. The summed E-state index contributed by atoms with van der Waals surface area (Å²) in [6, 6.07) is 3.95. The van der Waals surface area contributed by atoms with Crippen molar-refractivity contribution in [2.24, 2.45) is 5.73 Å². The van der Waals surface area contributed by atoms with Crippen LogP contribution in [0.2, 0.25) is 5.02 Å². The van der Waals surface area contributed by atoms with Gasteiger partial charge in [0.15, 0.2) is 0 Å². The van der Waals surface area contributed by atoms with E-state index in [9.17, 15) is 9.18 Å². The van der Waals surface area contributed by atoms with Gasteiger partial charge in [-0.25, -0.2) is 4.39 Å². The standard InChI is InChI=1S/C12H16ClFN2O/c1-12(2,15)7-16-11(17)6-8-5-9(14)3-4-10(8)13/h3-5H,6-7,15H2,1-2H3,(H,16,17). The molecule has 0 fully saturated rings. The first-order valence-corrected chi connectivity index (χ1v) is 5.65. The highest BCUT2D eigenvalue weighted by Crippen LogP contribution is 2.17. The molecule has 0 saturated heterocycles. The van der Waals surface area contributed by atoms with E-state index in [-0.39, 0.29) is 12.3 Å². The zero-order valence-electron chi connectivity index (χ0n) is 9.89. The molecule has 0 saturated carbocycles. The molecule has 94 valence electrons. The number of hydrogen-bond acceptors (Lipinski definition) is 2. The van der Waals surface area contributed by atoms with Crippen LogP contribution in [-0.4, -0.2) is 18.0 Å². The summed E-state index contributed by atoms with van der Waals surface area (Å²) >= 11 is 5.86. The smallest absolute Gasteiger partial charge is 0.224 e. The number of carbonyl (C=O) groups is 1. The molecular weight excluding hydrogens is 243 g/mol. The highest BCUT2D eigenvalue weighted by Gasteiger charge is 2.13. The largest absolute Gasteiger partial charge is 0.354 e. The Balaban J connectivity index is 2.59. The summed E-state index contributed by atoms with van der Waals surface area (Å²) in [5.74, 6) is -0.632. The van der Waals surface area contributed by atoms with Crippen molar-refractivity contribution in [2.45, 2.75) is 25.8 Å². The third-order valence-corrected chi connectivity index (χ3v) is 2.47. The number of amides is 1. The number of rotatable bonds is 4. The molecule has 1 aromatic rings. The lowest BCUT2D eigenvalue weighted by atomic mass is 10.1. The molecule has 0 aromatic heterocycles. The molecule has 1 amide bonds. The number of nitrogens with two attached hydrogens (primary N) is 1. The molecule has 0 heterocycles. The van der Waals surface area contributed by atoms with E-state index < -0.39 is 11.4 Å². The van der Waals surface area contributed by atoms with E-state index in [1.165, 1.54) is 18.2 Å². The Bertz CT molecular complexity index is 415. The Morgan fingerprint density at radius 3 is 2.76 bits per heavy atom. The number of nitrogens with one attached hydrogen (secondary N) is 1. The molecule has 0 bridgehead atoms. The fourth-order valence-corrected chi connectivity index (χ4v) is 1.43. The highest BCUT2D eigenvalue weighted by atomic mass is 35.5. The van der Waals surface area contributed by atoms with Crippen molar-refractivity contribution in [2.75, 3.05) is 6.54 Å². The minimum absolute atomic E-state index is 0.0483. The first kappa shape index (κ1) is 13.9. The number of carbonyl (C=O) groups excluding carboxylic acids is 1. The normalized spacial score (nSPS) is 11.4. The van der Waals surface area contributed by atoms with Crippen molar-refractivity contribution in [3.63, 3.8) is 0 Å². The molecule has 1 rings (SSSR count). The van der Waals surface area contributed by atoms with Crippen LogP contribution in [0.3, 0.4) is 0 Å². The molecular formula is C12H16ClFN2O. The van der Waals surface area contributed by atoms with Crippen molar-refractivity contribution in [1.29, 1.82) is 0 Å². The van der Waals surface area contributed by atoms with E-state index in [1.54, 1.807) is 0 Å². The maximum absolute atomic E-state index is 13.0. The fourth-order valence-electron chi connectivity index (χ4n) is 1.24. The second-order valence-electron chi connectivity index (χ2n) is 4.68. The number of halogens is 2. The van der Waals surface area contributed by atoms with Crippen molar-refractivity contribution in [1.82, 2.24) is 5.32 Å². The first-order chi connectivity index (χ1) is 7.78. The molecule has 0 spiro atoms. The van der Waals surface area contributed by atoms with E-state index in [0.717, 1.165) is 0 Å². The van der Waals surface area contributed by atoms with Crippen molar-refractivity contribution in [3.05, 3.63) is 34.6 Å². The van der Waals surface area contributed by atoms with Crippen LogP contribution < -0.4 is 11.1 Å². The Labute approximate surface area is 105 Å². The van der Waals surface area contributed by atoms with Crippen LogP contribution in [0.15, 0.2) is 18.2 Å². The average molecular weight is 259 g/mol. The van der Waals surface area contributed by atoms with Gasteiger partial charge in [-0.15, -0.1) is 0 Å². The van der Waals surface area contributed by atoms with E-state index >= 15 is 0 Å². The molecule has 0 unspecified atom stereocenters. The summed E-state index contributed by atoms with van der Waals surface area (Å²) in [4.78, 5) is 11.6. The molecule has 0 atom stereocenters. The SMILES string of the molecule is CC(C)(N)CNC(=O)Cc1cc(F)ccc1Cl. The van der Waals surface area contributed by atoms with E-state index in [4.69, 9.17) is 17.3 Å². The number of benzene rings is 1. The molecule has 1 aromatic carbocycles. The monoisotopic (exact) mass is 258 g/mol. The van der Waals surface area contributed by atoms with Gasteiger partial charge in [-0.2, -0.15) is 0 Å². The van der Waals surface area contributed by atoms with E-state index in [0.29, 0.717) is 17.1 Å². The summed E-state index contributed by atoms with van der Waals surface area (Å²) in [6.45, 7) is 3.98. The zero-order chi connectivity index (χ0) is 13.1. The van der Waals surface area contributed by atoms with Crippen LogP contribution in [-0.2, 0) is 11.2 Å². The fraction of sp³-hybridized carbons (Fsp3) is 0.417. The van der Waals surface area contributed by atoms with Gasteiger partial charge in [0.1, 0.15) is 5.82 Å². The van der Waals surface area contributed by atoms with Gasteiger partial charge in [0.05, 0.1) is 6.42 Å². The van der Waals surface area contributed by atoms with Crippen LogP contribution in [0.1, 0.15) is 19.4 Å². The average Bonchev–Trinajstić information content (AvgIpc) is 2.20. The Hall–Kier alpha value is -1.13. The lowest BCUT2D eigenvalue weighted by molar-refractivity contribution is -0.120. The lowest BCUT2D eigenvalue weighted by Gasteiger charge is -2.18. The molecule has 5 heteroatoms. The van der Waals surface area contributed by atoms with Gasteiger partial charge < -0.3 is 11.1 Å². The third kappa shape index (κ3) is 5.15. The molecule has 3 N–H and O–H groups in total. The summed E-state index contributed by atoms with van der Waals surface area (Å²) in [6.07, 6.45) is 0.0483. The Kier molecular flexibility index (Phi) is 4.48. The van der Waals surface area contributed by atoms with Crippen LogP contribution >= 0.6 is 11.6 Å². The minimum atomic E-state index is -0.471. The summed E-state index contributed by atoms with van der Waals surface area (Å²) in [7, 11) is 0. The third-order valence-electron chi connectivity index (χ3n) is 2.10. The maximum Gasteiger partial charge on any atom is 0.224 e. The zero-order valence-corrected chi connectivity index (χ0v) is 10.6. The predicted molar refractivity (Wildman–Crippen MR) is 66.4 cm³/mol. The molecule has 3 nitrogen and oxygen atoms in total. The minimum Gasteiger partial charge on any atom is -0.354 e. The maximum atomic E-state index is 13.0. The van der Waals surface area contributed by atoms with Gasteiger partial charge in [-0.05, 0) is 37.6 Å². The van der Waals surface area contributed by atoms with Crippen molar-refractivity contribution < 1.29 is 9.18 Å². The summed E-state index contributed by atoms with van der Waals surface area (Å²) in [5, 5.41) is 3.06. The molecule has 0 aliphatic rings. The second kappa shape index (κ2) is 5.47.